The van der Waals surface area contributed by atoms with E-state index in [2.05, 4.69) is 28.2 Å². The summed E-state index contributed by atoms with van der Waals surface area (Å²) in [5.74, 6) is 1.27. The van der Waals surface area contributed by atoms with Crippen molar-refractivity contribution in [3.63, 3.8) is 0 Å². The van der Waals surface area contributed by atoms with Crippen molar-refractivity contribution in [2.75, 3.05) is 17.2 Å². The first-order valence-corrected chi connectivity index (χ1v) is 10.1. The highest BCUT2D eigenvalue weighted by Gasteiger charge is 2.23. The predicted octanol–water partition coefficient (Wildman–Crippen LogP) is 3.43. The third-order valence-corrected chi connectivity index (χ3v) is 5.66. The lowest BCUT2D eigenvalue weighted by atomic mass is 10.0. The average Bonchev–Trinajstić information content (AvgIpc) is 3.15. The van der Waals surface area contributed by atoms with Crippen LogP contribution in [0.25, 0.3) is 11.4 Å². The van der Waals surface area contributed by atoms with Crippen LogP contribution in [0.15, 0.2) is 53.9 Å². The predicted molar refractivity (Wildman–Crippen MR) is 107 cm³/mol. The number of rotatable bonds is 5. The van der Waals surface area contributed by atoms with Crippen molar-refractivity contribution < 1.29 is 4.79 Å². The molecular weight excluding hydrogens is 358 g/mol. The van der Waals surface area contributed by atoms with E-state index >= 15 is 0 Å². The van der Waals surface area contributed by atoms with Gasteiger partial charge in [-0.1, -0.05) is 30.0 Å². The molecule has 0 aliphatic carbocycles. The number of aryl methyl sites for hydroxylation is 1. The minimum atomic E-state index is 0.114. The van der Waals surface area contributed by atoms with Gasteiger partial charge in [-0.25, -0.2) is 0 Å². The summed E-state index contributed by atoms with van der Waals surface area (Å²) in [6.07, 6.45) is 5.53. The number of carbonyl (C=O) groups is 1. The number of anilines is 1. The molecular formula is C20H21N5OS. The fourth-order valence-electron chi connectivity index (χ4n) is 3.39. The smallest absolute Gasteiger partial charge is 0.237 e. The summed E-state index contributed by atoms with van der Waals surface area (Å²) in [5.41, 5.74) is 3.27. The van der Waals surface area contributed by atoms with Crippen LogP contribution in [0.1, 0.15) is 18.9 Å². The van der Waals surface area contributed by atoms with Crippen LogP contribution in [0.2, 0.25) is 0 Å². The Bertz CT molecular complexity index is 941. The van der Waals surface area contributed by atoms with E-state index in [0.717, 1.165) is 48.2 Å². The van der Waals surface area contributed by atoms with E-state index in [9.17, 15) is 4.79 Å². The molecule has 1 aliphatic rings. The van der Waals surface area contributed by atoms with Gasteiger partial charge >= 0.3 is 0 Å². The van der Waals surface area contributed by atoms with Gasteiger partial charge in [0.2, 0.25) is 5.91 Å². The van der Waals surface area contributed by atoms with Crippen molar-refractivity contribution in [2.45, 2.75) is 31.5 Å². The van der Waals surface area contributed by atoms with Gasteiger partial charge in [-0.15, -0.1) is 10.2 Å². The topological polar surface area (TPSA) is 63.9 Å². The molecule has 0 saturated heterocycles. The molecule has 1 amide bonds. The fraction of sp³-hybridized carbons (Fsp3) is 0.300. The highest BCUT2D eigenvalue weighted by molar-refractivity contribution is 7.99. The first-order valence-electron chi connectivity index (χ1n) is 9.12. The van der Waals surface area contributed by atoms with E-state index in [1.54, 1.807) is 12.4 Å². The maximum absolute atomic E-state index is 12.8. The number of aromatic nitrogens is 4. The molecule has 7 heteroatoms. The van der Waals surface area contributed by atoms with Crippen LogP contribution >= 0.6 is 11.8 Å². The summed E-state index contributed by atoms with van der Waals surface area (Å²) in [5, 5.41) is 9.40. The maximum Gasteiger partial charge on any atom is 0.237 e. The van der Waals surface area contributed by atoms with Gasteiger partial charge in [-0.3, -0.25) is 9.78 Å². The third-order valence-electron chi connectivity index (χ3n) is 4.71. The standard InChI is InChI=1S/C20H21N5OS/c1-2-24-19(16-9-11-21-12-10-16)22-23-20(24)27-14-18(26)25-13-5-7-15-6-3-4-8-17(15)25/h3-4,6,8-12H,2,5,7,13-14H2,1H3. The second kappa shape index (κ2) is 7.92. The van der Waals surface area contributed by atoms with Crippen molar-refractivity contribution in [3.05, 3.63) is 54.4 Å². The molecule has 138 valence electrons. The van der Waals surface area contributed by atoms with Crippen LogP contribution in [0, 0.1) is 0 Å². The quantitative estimate of drug-likeness (QED) is 0.636. The molecule has 0 spiro atoms. The van der Waals surface area contributed by atoms with Crippen LogP contribution < -0.4 is 4.90 Å². The number of hydrogen-bond acceptors (Lipinski definition) is 5. The lowest BCUT2D eigenvalue weighted by Crippen LogP contribution is -2.36. The Morgan fingerprint density at radius 3 is 2.78 bits per heavy atom. The van der Waals surface area contributed by atoms with Crippen molar-refractivity contribution in [1.29, 1.82) is 0 Å². The van der Waals surface area contributed by atoms with E-state index < -0.39 is 0 Å². The minimum absolute atomic E-state index is 0.114. The van der Waals surface area contributed by atoms with Gasteiger partial charge < -0.3 is 9.47 Å². The van der Waals surface area contributed by atoms with Crippen LogP contribution in [-0.2, 0) is 17.8 Å². The normalized spacial score (nSPS) is 13.4. The first-order chi connectivity index (χ1) is 13.3. The Labute approximate surface area is 162 Å². The van der Waals surface area contributed by atoms with Gasteiger partial charge in [0.25, 0.3) is 0 Å². The van der Waals surface area contributed by atoms with Crippen molar-refractivity contribution >= 4 is 23.4 Å². The lowest BCUT2D eigenvalue weighted by Gasteiger charge is -2.29. The highest BCUT2D eigenvalue weighted by Crippen LogP contribution is 2.29. The van der Waals surface area contributed by atoms with E-state index in [0.29, 0.717) is 5.75 Å². The largest absolute Gasteiger partial charge is 0.311 e. The van der Waals surface area contributed by atoms with Crippen LogP contribution in [0.3, 0.4) is 0 Å². The van der Waals surface area contributed by atoms with Gasteiger partial charge in [0.15, 0.2) is 11.0 Å². The molecule has 3 heterocycles. The number of para-hydroxylation sites is 1. The maximum atomic E-state index is 12.8. The van der Waals surface area contributed by atoms with Crippen molar-refractivity contribution in [3.8, 4) is 11.4 Å². The Balaban J connectivity index is 1.50. The fourth-order valence-corrected chi connectivity index (χ4v) is 4.27. The first kappa shape index (κ1) is 17.7. The lowest BCUT2D eigenvalue weighted by molar-refractivity contribution is -0.116. The van der Waals surface area contributed by atoms with Gasteiger partial charge in [0.05, 0.1) is 5.75 Å². The zero-order valence-electron chi connectivity index (χ0n) is 15.2. The highest BCUT2D eigenvalue weighted by atomic mass is 32.2. The Hall–Kier alpha value is -2.67. The molecule has 0 fully saturated rings. The number of thioether (sulfide) groups is 1. The van der Waals surface area contributed by atoms with Gasteiger partial charge in [0.1, 0.15) is 0 Å². The second-order valence-electron chi connectivity index (χ2n) is 6.35. The molecule has 0 atom stereocenters. The van der Waals surface area contributed by atoms with Crippen molar-refractivity contribution in [1.82, 2.24) is 19.7 Å². The monoisotopic (exact) mass is 379 g/mol. The van der Waals surface area contributed by atoms with Crippen LogP contribution in [0.4, 0.5) is 5.69 Å². The van der Waals surface area contributed by atoms with Crippen LogP contribution in [-0.4, -0.2) is 38.0 Å². The van der Waals surface area contributed by atoms with E-state index in [1.165, 1.54) is 17.3 Å². The van der Waals surface area contributed by atoms with Crippen molar-refractivity contribution in [2.24, 2.45) is 0 Å². The molecule has 0 unspecified atom stereocenters. The molecule has 1 aliphatic heterocycles. The molecule has 6 nitrogen and oxygen atoms in total. The zero-order chi connectivity index (χ0) is 18.6. The van der Waals surface area contributed by atoms with E-state index in [4.69, 9.17) is 0 Å². The average molecular weight is 379 g/mol. The third kappa shape index (κ3) is 3.60. The molecule has 0 saturated carbocycles. The molecule has 4 rings (SSSR count). The molecule has 3 aromatic rings. The summed E-state index contributed by atoms with van der Waals surface area (Å²) in [7, 11) is 0. The van der Waals surface area contributed by atoms with Gasteiger partial charge in [-0.05, 0) is 43.5 Å². The summed E-state index contributed by atoms with van der Waals surface area (Å²) in [4.78, 5) is 18.8. The Morgan fingerprint density at radius 2 is 1.96 bits per heavy atom. The van der Waals surface area contributed by atoms with Crippen LogP contribution in [0.5, 0.6) is 0 Å². The number of hydrogen-bond donors (Lipinski definition) is 0. The number of carbonyl (C=O) groups excluding carboxylic acids is 1. The molecule has 0 N–H and O–H groups in total. The molecule has 0 bridgehead atoms. The number of benzene rings is 1. The molecule has 27 heavy (non-hydrogen) atoms. The number of nitrogens with zero attached hydrogens (tertiary/aromatic N) is 5. The summed E-state index contributed by atoms with van der Waals surface area (Å²) in [6.45, 7) is 3.58. The Morgan fingerprint density at radius 1 is 1.15 bits per heavy atom. The number of amides is 1. The van der Waals surface area contributed by atoms with Gasteiger partial charge in [0, 0.05) is 36.7 Å². The van der Waals surface area contributed by atoms with Gasteiger partial charge in [-0.2, -0.15) is 0 Å². The van der Waals surface area contributed by atoms with E-state index in [1.807, 2.05) is 39.8 Å². The molecule has 1 aromatic carbocycles. The Kier molecular flexibility index (Phi) is 5.20. The number of pyridine rings is 1. The summed E-state index contributed by atoms with van der Waals surface area (Å²) >= 11 is 1.45. The summed E-state index contributed by atoms with van der Waals surface area (Å²) in [6, 6.07) is 12.0. The molecule has 2 aromatic heterocycles. The minimum Gasteiger partial charge on any atom is -0.311 e. The molecule has 0 radical (unpaired) electrons. The number of fused-ring (bicyclic) bond motifs is 1. The van der Waals surface area contributed by atoms with E-state index in [-0.39, 0.29) is 5.91 Å². The summed E-state index contributed by atoms with van der Waals surface area (Å²) < 4.78 is 2.04. The second-order valence-corrected chi connectivity index (χ2v) is 7.30. The zero-order valence-corrected chi connectivity index (χ0v) is 16.0. The SMILES string of the molecule is CCn1c(SCC(=O)N2CCCc3ccccc32)nnc1-c1ccncc1.